The highest BCUT2D eigenvalue weighted by Gasteiger charge is 2.41. The highest BCUT2D eigenvalue weighted by atomic mass is 16.2. The number of nitrogens with zero attached hydrogens (tertiary/aromatic N) is 4. The van der Waals surface area contributed by atoms with Crippen molar-refractivity contribution in [2.24, 2.45) is 0 Å². The molecule has 0 bridgehead atoms. The van der Waals surface area contributed by atoms with Crippen molar-refractivity contribution in [2.45, 2.75) is 0 Å². The first-order chi connectivity index (χ1) is 28.5. The van der Waals surface area contributed by atoms with Gasteiger partial charge in [0, 0.05) is 21.9 Å². The predicted octanol–water partition coefficient (Wildman–Crippen LogP) is 13.4. The van der Waals surface area contributed by atoms with Crippen molar-refractivity contribution in [1.82, 2.24) is 4.57 Å². The van der Waals surface area contributed by atoms with E-state index in [2.05, 4.69) is 44.6 Å². The zero-order valence-electron chi connectivity index (χ0n) is 30.9. The first-order valence-electron chi connectivity index (χ1n) is 18.8. The molecule has 0 N–H and O–H groups in total. The first-order valence-corrected chi connectivity index (χ1v) is 18.8. The third-order valence-electron chi connectivity index (χ3n) is 11.0. The SMILES string of the molecule is [C-]#[N+]c1ccc(-c2ccc3c(c2)c2ccccc2n3-c2cccc3c2C(=O)N(c2c(-c4ccccc4)cc(-c4ccccc4)cc2-c2ccccc2)C3=O)c([N+]#[C-])c1. The van der Waals surface area contributed by atoms with Crippen LogP contribution in [-0.2, 0) is 0 Å². The van der Waals surface area contributed by atoms with Gasteiger partial charge in [0.25, 0.3) is 11.8 Å². The van der Waals surface area contributed by atoms with Gasteiger partial charge in [-0.2, -0.15) is 0 Å². The molecule has 6 heteroatoms. The smallest absolute Gasteiger partial charge is 0.268 e. The Morgan fingerprint density at radius 3 is 1.69 bits per heavy atom. The second-order valence-corrected chi connectivity index (χ2v) is 14.2. The predicted molar refractivity (Wildman–Crippen MR) is 233 cm³/mol. The average Bonchev–Trinajstić information content (AvgIpc) is 3.76. The van der Waals surface area contributed by atoms with Crippen LogP contribution in [-0.4, -0.2) is 16.4 Å². The third-order valence-corrected chi connectivity index (χ3v) is 11.0. The van der Waals surface area contributed by atoms with Gasteiger partial charge in [0.2, 0.25) is 0 Å². The Hall–Kier alpha value is -8.32. The highest BCUT2D eigenvalue weighted by Crippen LogP contribution is 2.47. The summed E-state index contributed by atoms with van der Waals surface area (Å²) in [5.74, 6) is -0.789. The van der Waals surface area contributed by atoms with Crippen LogP contribution in [0.2, 0.25) is 0 Å². The van der Waals surface area contributed by atoms with Crippen molar-refractivity contribution in [1.29, 1.82) is 0 Å². The maximum Gasteiger partial charge on any atom is 0.268 e. The second kappa shape index (κ2) is 13.8. The zero-order chi connectivity index (χ0) is 39.3. The molecule has 0 fully saturated rings. The van der Waals surface area contributed by atoms with Crippen LogP contribution >= 0.6 is 0 Å². The van der Waals surface area contributed by atoms with Gasteiger partial charge in [-0.15, -0.1) is 0 Å². The third kappa shape index (κ3) is 5.40. The summed E-state index contributed by atoms with van der Waals surface area (Å²) in [6, 6.07) is 58.8. The summed E-state index contributed by atoms with van der Waals surface area (Å²) in [6.45, 7) is 15.3. The molecule has 0 unspecified atom stereocenters. The van der Waals surface area contributed by atoms with Gasteiger partial charge < -0.3 is 4.57 Å². The van der Waals surface area contributed by atoms with Gasteiger partial charge in [-0.3, -0.25) is 9.59 Å². The van der Waals surface area contributed by atoms with Crippen LogP contribution in [0.25, 0.3) is 81.7 Å². The lowest BCUT2D eigenvalue weighted by Crippen LogP contribution is -2.30. The number of aromatic nitrogens is 1. The van der Waals surface area contributed by atoms with E-state index in [1.54, 1.807) is 18.2 Å². The van der Waals surface area contributed by atoms with Crippen LogP contribution in [0.5, 0.6) is 0 Å². The summed E-state index contributed by atoms with van der Waals surface area (Å²) in [5.41, 5.74) is 11.2. The largest absolute Gasteiger partial charge is 0.308 e. The fourth-order valence-electron chi connectivity index (χ4n) is 8.33. The van der Waals surface area contributed by atoms with E-state index in [0.717, 1.165) is 66.3 Å². The van der Waals surface area contributed by atoms with E-state index in [4.69, 9.17) is 13.1 Å². The number of rotatable bonds is 6. The lowest BCUT2D eigenvalue weighted by molar-refractivity contribution is 0.0926. The topological polar surface area (TPSA) is 51.0 Å². The van der Waals surface area contributed by atoms with E-state index in [1.165, 1.54) is 4.90 Å². The number of hydrogen-bond acceptors (Lipinski definition) is 2. The molecule has 2 amide bonds. The van der Waals surface area contributed by atoms with Gasteiger partial charge in [0.1, 0.15) is 0 Å². The van der Waals surface area contributed by atoms with Crippen molar-refractivity contribution in [3.05, 3.63) is 216 Å². The molecule has 6 nitrogen and oxygen atoms in total. The van der Waals surface area contributed by atoms with Crippen LogP contribution < -0.4 is 4.90 Å². The molecular weight excluding hydrogens is 713 g/mol. The molecule has 10 rings (SSSR count). The number of amides is 2. The van der Waals surface area contributed by atoms with E-state index in [1.807, 2.05) is 133 Å². The molecule has 2 heterocycles. The summed E-state index contributed by atoms with van der Waals surface area (Å²) >= 11 is 0. The monoisotopic (exact) mass is 742 g/mol. The van der Waals surface area contributed by atoms with E-state index >= 15 is 4.79 Å². The minimum absolute atomic E-state index is 0.328. The normalized spacial score (nSPS) is 12.1. The molecule has 0 saturated heterocycles. The Kier molecular flexibility index (Phi) is 8.11. The molecule has 9 aromatic rings. The number of fused-ring (bicyclic) bond motifs is 4. The molecule has 0 spiro atoms. The Morgan fingerprint density at radius 2 is 1.03 bits per heavy atom. The quantitative estimate of drug-likeness (QED) is 0.126. The van der Waals surface area contributed by atoms with Crippen molar-refractivity contribution < 1.29 is 9.59 Å². The lowest BCUT2D eigenvalue weighted by atomic mass is 9.90. The van der Waals surface area contributed by atoms with Gasteiger partial charge >= 0.3 is 0 Å². The molecule has 0 radical (unpaired) electrons. The van der Waals surface area contributed by atoms with Crippen molar-refractivity contribution in [2.75, 3.05) is 4.90 Å². The number of para-hydroxylation sites is 1. The summed E-state index contributed by atoms with van der Waals surface area (Å²) < 4.78 is 2.06. The van der Waals surface area contributed by atoms with Crippen LogP contribution in [0, 0.1) is 13.1 Å². The van der Waals surface area contributed by atoms with Crippen molar-refractivity contribution >= 4 is 50.7 Å². The second-order valence-electron chi connectivity index (χ2n) is 14.2. The Labute approximate surface area is 334 Å². The number of hydrogen-bond donors (Lipinski definition) is 0. The van der Waals surface area contributed by atoms with Crippen molar-refractivity contribution in [3.63, 3.8) is 0 Å². The standard InChI is InChI=1S/C52H30N4O2/c1-53-38-26-27-39(45(32-38)54-2)36-25-28-47-44(29-36)40-21-12-13-23-46(40)55(47)48-24-14-22-41-49(48)52(58)56(51(41)57)50-42(34-17-8-4-9-18-34)30-37(33-15-6-3-7-16-33)31-43(50)35-19-10-5-11-20-35/h3-32H. The zero-order valence-corrected chi connectivity index (χ0v) is 30.9. The van der Waals surface area contributed by atoms with E-state index in [0.29, 0.717) is 33.9 Å². The maximum absolute atomic E-state index is 15.3. The number of benzene rings is 8. The maximum atomic E-state index is 15.3. The molecule has 8 aromatic carbocycles. The molecular formula is C52H30N4O2. The Morgan fingerprint density at radius 1 is 0.414 bits per heavy atom. The molecule has 0 saturated carbocycles. The van der Waals surface area contributed by atoms with Gasteiger partial charge in [-0.05, 0) is 75.8 Å². The summed E-state index contributed by atoms with van der Waals surface area (Å²) in [5, 5.41) is 1.89. The highest BCUT2D eigenvalue weighted by molar-refractivity contribution is 6.37. The Bertz CT molecular complexity index is 3170. The van der Waals surface area contributed by atoms with Gasteiger partial charge in [0.15, 0.2) is 11.4 Å². The molecule has 1 aliphatic heterocycles. The number of carbonyl (C=O) groups is 2. The summed E-state index contributed by atoms with van der Waals surface area (Å²) in [7, 11) is 0. The average molecular weight is 743 g/mol. The van der Waals surface area contributed by atoms with Gasteiger partial charge in [-0.1, -0.05) is 140 Å². The number of carbonyl (C=O) groups excluding carboxylic acids is 2. The Balaban J connectivity index is 1.19. The van der Waals surface area contributed by atoms with Crippen LogP contribution in [0.1, 0.15) is 20.7 Å². The minimum Gasteiger partial charge on any atom is -0.308 e. The molecule has 58 heavy (non-hydrogen) atoms. The molecule has 270 valence electrons. The summed E-state index contributed by atoms with van der Waals surface area (Å²) in [4.78, 5) is 38.9. The molecule has 0 atom stereocenters. The van der Waals surface area contributed by atoms with E-state index in [9.17, 15) is 4.79 Å². The van der Waals surface area contributed by atoms with Crippen LogP contribution in [0.15, 0.2) is 182 Å². The number of imide groups is 1. The fraction of sp³-hybridized carbons (Fsp3) is 0. The number of anilines is 1. The summed E-state index contributed by atoms with van der Waals surface area (Å²) in [6.07, 6.45) is 0. The van der Waals surface area contributed by atoms with Gasteiger partial charge in [0.05, 0.1) is 46.7 Å². The molecule has 0 aliphatic carbocycles. The van der Waals surface area contributed by atoms with Crippen LogP contribution in [0.3, 0.4) is 0 Å². The first kappa shape index (κ1) is 34.2. The van der Waals surface area contributed by atoms with Crippen LogP contribution in [0.4, 0.5) is 17.1 Å². The molecule has 1 aliphatic rings. The fourth-order valence-corrected chi connectivity index (χ4v) is 8.33. The molecule has 1 aromatic heterocycles. The van der Waals surface area contributed by atoms with Crippen molar-refractivity contribution in [3.8, 4) is 50.2 Å². The minimum atomic E-state index is -0.401. The van der Waals surface area contributed by atoms with E-state index in [-0.39, 0.29) is 5.91 Å². The lowest BCUT2D eigenvalue weighted by Gasteiger charge is -2.24. The van der Waals surface area contributed by atoms with E-state index < -0.39 is 5.91 Å². The van der Waals surface area contributed by atoms with Gasteiger partial charge in [-0.25, -0.2) is 14.6 Å².